The second-order valence-electron chi connectivity index (χ2n) is 6.55. The summed E-state index contributed by atoms with van der Waals surface area (Å²) < 4.78 is 8.26. The van der Waals surface area contributed by atoms with Gasteiger partial charge in [0.2, 0.25) is 0 Å². The zero-order valence-corrected chi connectivity index (χ0v) is 17.1. The number of hydrogen-bond donors (Lipinski definition) is 1. The van der Waals surface area contributed by atoms with E-state index in [1.54, 1.807) is 6.07 Å². The lowest BCUT2D eigenvalue weighted by Gasteiger charge is -2.06. The summed E-state index contributed by atoms with van der Waals surface area (Å²) in [4.78, 5) is 11.7. The molecule has 0 radical (unpaired) electrons. The summed E-state index contributed by atoms with van der Waals surface area (Å²) in [5.41, 5.74) is 3.30. The van der Waals surface area contributed by atoms with Crippen LogP contribution in [0.5, 0.6) is 11.5 Å². The molecule has 5 nitrogen and oxygen atoms in total. The Hall–Kier alpha value is -3.38. The predicted molar refractivity (Wildman–Crippen MR) is 115 cm³/mol. The van der Waals surface area contributed by atoms with E-state index in [2.05, 4.69) is 21.0 Å². The van der Waals surface area contributed by atoms with Crippen molar-refractivity contribution in [3.8, 4) is 28.4 Å². The van der Waals surface area contributed by atoms with Gasteiger partial charge in [-0.2, -0.15) is 5.10 Å². The molecule has 1 N–H and O–H groups in total. The van der Waals surface area contributed by atoms with E-state index in [0.717, 1.165) is 21.3 Å². The maximum atomic E-state index is 11.7. The summed E-state index contributed by atoms with van der Waals surface area (Å²) in [6.45, 7) is 1.98. The fraction of sp³-hybridized carbons (Fsp3) is 0.0435. The van der Waals surface area contributed by atoms with Gasteiger partial charge in [0.25, 0.3) is 0 Å². The number of rotatable bonds is 5. The molecule has 0 saturated heterocycles. The number of carboxylic acids is 1. The van der Waals surface area contributed by atoms with Crippen molar-refractivity contribution in [3.63, 3.8) is 0 Å². The van der Waals surface area contributed by atoms with Crippen molar-refractivity contribution < 1.29 is 14.6 Å². The molecule has 4 aromatic rings. The number of hydrogen-bond acceptors (Lipinski definition) is 3. The van der Waals surface area contributed by atoms with Crippen LogP contribution < -0.4 is 4.74 Å². The van der Waals surface area contributed by atoms with Gasteiger partial charge in [-0.05, 0) is 73.7 Å². The first-order valence-corrected chi connectivity index (χ1v) is 9.73. The molecular weight excluding hydrogens is 432 g/mol. The maximum absolute atomic E-state index is 11.7. The van der Waals surface area contributed by atoms with Crippen LogP contribution in [0.4, 0.5) is 0 Å². The summed E-state index contributed by atoms with van der Waals surface area (Å²) in [7, 11) is 0. The lowest BCUT2D eigenvalue weighted by atomic mass is 10.1. The number of ether oxygens (including phenoxy) is 1. The highest BCUT2D eigenvalue weighted by Crippen LogP contribution is 2.27. The Balaban J connectivity index is 1.62. The molecular formula is C23H17BrN2O3. The molecule has 4 rings (SSSR count). The molecule has 0 amide bonds. The summed E-state index contributed by atoms with van der Waals surface area (Å²) in [5, 5.41) is 14.1. The average Bonchev–Trinajstić information content (AvgIpc) is 3.17. The van der Waals surface area contributed by atoms with Crippen LogP contribution in [0.25, 0.3) is 16.9 Å². The molecule has 0 atom stereocenters. The minimum Gasteiger partial charge on any atom is -0.477 e. The molecule has 3 aromatic carbocycles. The minimum atomic E-state index is -1.03. The summed E-state index contributed by atoms with van der Waals surface area (Å²) in [5.74, 6) is 0.393. The van der Waals surface area contributed by atoms with Gasteiger partial charge in [0.15, 0.2) is 5.69 Å². The molecule has 6 heteroatoms. The molecule has 1 heterocycles. The van der Waals surface area contributed by atoms with E-state index in [-0.39, 0.29) is 5.69 Å². The van der Waals surface area contributed by atoms with Crippen LogP contribution in [-0.2, 0) is 0 Å². The van der Waals surface area contributed by atoms with Gasteiger partial charge in [-0.25, -0.2) is 9.48 Å². The standard InChI is InChI=1S/C23H17BrN2O3/c1-15-2-8-18(9-3-15)26-22(23(27)28)14-21(25-26)16-4-10-19(11-5-16)29-20-12-6-17(24)7-13-20/h2-14H,1H3,(H,27,28). The number of halogens is 1. The molecule has 0 aliphatic heterocycles. The number of carboxylic acid groups (broad SMARTS) is 1. The normalized spacial score (nSPS) is 10.7. The third-order valence-electron chi connectivity index (χ3n) is 4.41. The Bertz CT molecular complexity index is 1150. The van der Waals surface area contributed by atoms with Crippen LogP contribution in [0.3, 0.4) is 0 Å². The average molecular weight is 449 g/mol. The van der Waals surface area contributed by atoms with E-state index in [4.69, 9.17) is 4.74 Å². The largest absolute Gasteiger partial charge is 0.477 e. The number of aromatic nitrogens is 2. The quantitative estimate of drug-likeness (QED) is 0.400. The monoisotopic (exact) mass is 448 g/mol. The van der Waals surface area contributed by atoms with Crippen LogP contribution in [0, 0.1) is 6.92 Å². The summed E-state index contributed by atoms with van der Waals surface area (Å²) in [6.07, 6.45) is 0. The molecule has 0 unspecified atom stereocenters. The Morgan fingerprint density at radius 1 is 0.931 bits per heavy atom. The van der Waals surface area contributed by atoms with E-state index >= 15 is 0 Å². The first kappa shape index (κ1) is 19.0. The van der Waals surface area contributed by atoms with Crippen LogP contribution >= 0.6 is 15.9 Å². The molecule has 144 valence electrons. The van der Waals surface area contributed by atoms with Crippen LogP contribution in [0.15, 0.2) is 83.3 Å². The van der Waals surface area contributed by atoms with Crippen molar-refractivity contribution >= 4 is 21.9 Å². The molecule has 0 aliphatic carbocycles. The topological polar surface area (TPSA) is 64.4 Å². The molecule has 1 aromatic heterocycles. The Morgan fingerprint density at radius 3 is 2.10 bits per heavy atom. The van der Waals surface area contributed by atoms with Crippen molar-refractivity contribution in [2.24, 2.45) is 0 Å². The number of aromatic carboxylic acids is 1. The first-order valence-electron chi connectivity index (χ1n) is 8.94. The van der Waals surface area contributed by atoms with Gasteiger partial charge in [0.1, 0.15) is 11.5 Å². The van der Waals surface area contributed by atoms with Gasteiger partial charge in [-0.3, -0.25) is 0 Å². The van der Waals surface area contributed by atoms with Crippen LogP contribution in [0.1, 0.15) is 16.1 Å². The van der Waals surface area contributed by atoms with E-state index < -0.39 is 5.97 Å². The van der Waals surface area contributed by atoms with Crippen molar-refractivity contribution in [2.45, 2.75) is 6.92 Å². The molecule has 29 heavy (non-hydrogen) atoms. The first-order chi connectivity index (χ1) is 14.0. The van der Waals surface area contributed by atoms with E-state index in [1.807, 2.05) is 79.7 Å². The van der Waals surface area contributed by atoms with Crippen LogP contribution in [0.2, 0.25) is 0 Å². The molecule has 0 bridgehead atoms. The van der Waals surface area contributed by atoms with Crippen LogP contribution in [-0.4, -0.2) is 20.9 Å². The number of carbonyl (C=O) groups is 1. The van der Waals surface area contributed by atoms with E-state index in [1.165, 1.54) is 4.68 Å². The highest BCUT2D eigenvalue weighted by atomic mass is 79.9. The third kappa shape index (κ3) is 4.22. The third-order valence-corrected chi connectivity index (χ3v) is 4.94. The fourth-order valence-electron chi connectivity index (χ4n) is 2.89. The van der Waals surface area contributed by atoms with Crippen molar-refractivity contribution in [1.29, 1.82) is 0 Å². The highest BCUT2D eigenvalue weighted by Gasteiger charge is 2.16. The molecule has 0 aliphatic rings. The van der Waals surface area contributed by atoms with E-state index in [9.17, 15) is 9.90 Å². The second-order valence-corrected chi connectivity index (χ2v) is 7.46. The van der Waals surface area contributed by atoms with E-state index in [0.29, 0.717) is 17.1 Å². The fourth-order valence-corrected chi connectivity index (χ4v) is 3.15. The van der Waals surface area contributed by atoms with Crippen molar-refractivity contribution in [2.75, 3.05) is 0 Å². The van der Waals surface area contributed by atoms with Gasteiger partial charge in [0, 0.05) is 10.0 Å². The minimum absolute atomic E-state index is 0.110. The smallest absolute Gasteiger partial charge is 0.354 e. The summed E-state index contributed by atoms with van der Waals surface area (Å²) >= 11 is 3.40. The predicted octanol–water partition coefficient (Wildman–Crippen LogP) is 6.10. The van der Waals surface area contributed by atoms with Gasteiger partial charge in [0.05, 0.1) is 11.4 Å². The van der Waals surface area contributed by atoms with Crippen molar-refractivity contribution in [3.05, 3.63) is 94.6 Å². The number of benzene rings is 3. The van der Waals surface area contributed by atoms with Gasteiger partial charge >= 0.3 is 5.97 Å². The lowest BCUT2D eigenvalue weighted by molar-refractivity contribution is 0.0687. The lowest BCUT2D eigenvalue weighted by Crippen LogP contribution is -2.07. The Morgan fingerprint density at radius 2 is 1.52 bits per heavy atom. The number of aryl methyl sites for hydroxylation is 1. The summed E-state index contributed by atoms with van der Waals surface area (Å²) in [6, 6.07) is 24.1. The zero-order valence-electron chi connectivity index (χ0n) is 15.5. The maximum Gasteiger partial charge on any atom is 0.354 e. The zero-order chi connectivity index (χ0) is 20.4. The molecule has 0 fully saturated rings. The van der Waals surface area contributed by atoms with Crippen molar-refractivity contribution in [1.82, 2.24) is 9.78 Å². The molecule has 0 spiro atoms. The van der Waals surface area contributed by atoms with Gasteiger partial charge in [-0.15, -0.1) is 0 Å². The second kappa shape index (κ2) is 7.93. The Labute approximate surface area is 176 Å². The highest BCUT2D eigenvalue weighted by molar-refractivity contribution is 9.10. The molecule has 0 saturated carbocycles. The number of nitrogens with zero attached hydrogens (tertiary/aromatic N) is 2. The van der Waals surface area contributed by atoms with Gasteiger partial charge in [-0.1, -0.05) is 33.6 Å². The SMILES string of the molecule is Cc1ccc(-n2nc(-c3ccc(Oc4ccc(Br)cc4)cc3)cc2C(=O)O)cc1. The van der Waals surface area contributed by atoms with Gasteiger partial charge < -0.3 is 9.84 Å². The Kier molecular flexibility index (Phi) is 5.18.